The van der Waals surface area contributed by atoms with Crippen molar-refractivity contribution in [2.45, 2.75) is 52.1 Å². The van der Waals surface area contributed by atoms with Crippen molar-refractivity contribution >= 4 is 11.9 Å². The summed E-state index contributed by atoms with van der Waals surface area (Å²) in [7, 11) is 0. The van der Waals surface area contributed by atoms with Gasteiger partial charge in [0.05, 0.1) is 11.3 Å². The maximum atomic E-state index is 12.9. The fourth-order valence-corrected chi connectivity index (χ4v) is 4.06. The minimum atomic E-state index is -0.862. The van der Waals surface area contributed by atoms with Crippen molar-refractivity contribution < 1.29 is 14.7 Å². The summed E-state index contributed by atoms with van der Waals surface area (Å²) < 4.78 is 1.80. The van der Waals surface area contributed by atoms with Gasteiger partial charge in [-0.15, -0.1) is 0 Å². The van der Waals surface area contributed by atoms with Crippen LogP contribution >= 0.6 is 0 Å². The Morgan fingerprint density at radius 3 is 3.00 bits per heavy atom. The average molecular weight is 334 g/mol. The number of carbonyl (C=O) groups excluding carboxylic acids is 1. The fourth-order valence-electron chi connectivity index (χ4n) is 4.06. The van der Waals surface area contributed by atoms with Gasteiger partial charge >= 0.3 is 5.97 Å². The Hall–Kier alpha value is -1.89. The molecule has 2 atom stereocenters. The minimum Gasteiger partial charge on any atom is -0.481 e. The molecule has 0 radical (unpaired) electrons. The molecule has 1 amide bonds. The number of hydrogen-bond acceptors (Lipinski definition) is 4. The lowest BCUT2D eigenvalue weighted by molar-refractivity contribution is -0.156. The number of aromatic nitrogens is 2. The molecule has 7 nitrogen and oxygen atoms in total. The first-order valence-electron chi connectivity index (χ1n) is 8.78. The van der Waals surface area contributed by atoms with Crippen LogP contribution in [0.15, 0.2) is 6.20 Å². The number of carboxylic acids is 1. The molecular formula is C17H26N4O3. The monoisotopic (exact) mass is 334 g/mol. The Morgan fingerprint density at radius 1 is 1.50 bits per heavy atom. The summed E-state index contributed by atoms with van der Waals surface area (Å²) in [5.74, 6) is -0.893. The number of nitrogens with zero attached hydrogens (tertiary/aromatic N) is 3. The zero-order chi connectivity index (χ0) is 17.3. The highest BCUT2D eigenvalue weighted by Gasteiger charge is 2.51. The number of aliphatic carboxylic acids is 1. The van der Waals surface area contributed by atoms with Crippen LogP contribution in [-0.2, 0) is 11.3 Å². The normalized spacial score (nSPS) is 26.9. The second-order valence-corrected chi connectivity index (χ2v) is 6.98. The van der Waals surface area contributed by atoms with E-state index in [0.29, 0.717) is 30.6 Å². The molecule has 2 N–H and O–H groups in total. The number of likely N-dealkylation sites (tertiary alicyclic amines) is 1. The summed E-state index contributed by atoms with van der Waals surface area (Å²) in [5, 5.41) is 17.6. The molecule has 0 aromatic carbocycles. The summed E-state index contributed by atoms with van der Waals surface area (Å²) in [6, 6.07) is -0.0447. The van der Waals surface area contributed by atoms with E-state index >= 15 is 0 Å². The standard InChI is InChI=1S/C17H26N4O3/c1-3-8-21-10-13(12(2)19-21)15(22)20-9-5-14-17(11-20,16(23)24)6-4-7-18-14/h10,14,18H,3-9,11H2,1-2H3,(H,23,24)/t14-,17+/m1/s1. The topological polar surface area (TPSA) is 87.5 Å². The van der Waals surface area contributed by atoms with Crippen molar-refractivity contribution in [3.05, 3.63) is 17.5 Å². The molecule has 1 aromatic heterocycles. The third-order valence-electron chi connectivity index (χ3n) is 5.36. The van der Waals surface area contributed by atoms with Crippen LogP contribution in [0.2, 0.25) is 0 Å². The predicted octanol–water partition coefficient (Wildman–Crippen LogP) is 1.27. The van der Waals surface area contributed by atoms with Crippen molar-refractivity contribution in [1.82, 2.24) is 20.0 Å². The predicted molar refractivity (Wildman–Crippen MR) is 88.9 cm³/mol. The van der Waals surface area contributed by atoms with Gasteiger partial charge in [0.1, 0.15) is 5.41 Å². The third kappa shape index (κ3) is 2.81. The van der Waals surface area contributed by atoms with Crippen molar-refractivity contribution in [2.24, 2.45) is 5.41 Å². The zero-order valence-corrected chi connectivity index (χ0v) is 14.4. The third-order valence-corrected chi connectivity index (χ3v) is 5.36. The molecule has 24 heavy (non-hydrogen) atoms. The molecule has 2 aliphatic heterocycles. The molecule has 0 aliphatic carbocycles. The van der Waals surface area contributed by atoms with Crippen molar-refractivity contribution in [3.8, 4) is 0 Å². The number of amides is 1. The van der Waals surface area contributed by atoms with Crippen LogP contribution in [0.5, 0.6) is 0 Å². The second kappa shape index (κ2) is 6.55. The smallest absolute Gasteiger partial charge is 0.313 e. The Morgan fingerprint density at radius 2 is 2.29 bits per heavy atom. The Balaban J connectivity index is 1.82. The molecular weight excluding hydrogens is 308 g/mol. The van der Waals surface area contributed by atoms with Crippen molar-refractivity contribution in [2.75, 3.05) is 19.6 Å². The SMILES string of the molecule is CCCn1cc(C(=O)N2CC[C@H]3NCCC[C@]3(C(=O)O)C2)c(C)n1. The van der Waals surface area contributed by atoms with E-state index in [-0.39, 0.29) is 18.5 Å². The quantitative estimate of drug-likeness (QED) is 0.866. The van der Waals surface area contributed by atoms with Crippen LogP contribution in [0.4, 0.5) is 0 Å². The van der Waals surface area contributed by atoms with Gasteiger partial charge in [-0.1, -0.05) is 6.92 Å². The molecule has 0 unspecified atom stereocenters. The summed E-state index contributed by atoms with van der Waals surface area (Å²) in [6.07, 6.45) is 4.88. The van der Waals surface area contributed by atoms with E-state index < -0.39 is 11.4 Å². The van der Waals surface area contributed by atoms with Crippen molar-refractivity contribution in [3.63, 3.8) is 0 Å². The van der Waals surface area contributed by atoms with Gasteiger partial charge in [-0.2, -0.15) is 5.10 Å². The van der Waals surface area contributed by atoms with Gasteiger partial charge in [0, 0.05) is 31.9 Å². The fraction of sp³-hybridized carbons (Fsp3) is 0.706. The van der Waals surface area contributed by atoms with E-state index in [1.807, 2.05) is 6.92 Å². The van der Waals surface area contributed by atoms with Gasteiger partial charge in [0.2, 0.25) is 0 Å². The first kappa shape index (κ1) is 17.0. The van der Waals surface area contributed by atoms with Crippen LogP contribution < -0.4 is 5.32 Å². The molecule has 3 heterocycles. The van der Waals surface area contributed by atoms with Gasteiger partial charge in [0.15, 0.2) is 0 Å². The highest BCUT2D eigenvalue weighted by Crippen LogP contribution is 2.38. The zero-order valence-electron chi connectivity index (χ0n) is 14.4. The molecule has 3 rings (SSSR count). The molecule has 2 fully saturated rings. The van der Waals surface area contributed by atoms with E-state index in [9.17, 15) is 14.7 Å². The molecule has 0 spiro atoms. The number of carboxylic acid groups (broad SMARTS) is 1. The number of nitrogens with one attached hydrogen (secondary N) is 1. The summed E-state index contributed by atoms with van der Waals surface area (Å²) in [4.78, 5) is 26.6. The van der Waals surface area contributed by atoms with E-state index in [1.54, 1.807) is 15.8 Å². The average Bonchev–Trinajstić information content (AvgIpc) is 2.94. The lowest BCUT2D eigenvalue weighted by Crippen LogP contribution is -2.63. The van der Waals surface area contributed by atoms with Gasteiger partial charge in [-0.3, -0.25) is 14.3 Å². The van der Waals surface area contributed by atoms with E-state index in [0.717, 1.165) is 25.9 Å². The van der Waals surface area contributed by atoms with Crippen LogP contribution in [0.1, 0.15) is 48.7 Å². The molecule has 1 aromatic rings. The van der Waals surface area contributed by atoms with Gasteiger partial charge < -0.3 is 15.3 Å². The van der Waals surface area contributed by atoms with Crippen LogP contribution in [0, 0.1) is 12.3 Å². The molecule has 0 saturated carbocycles. The van der Waals surface area contributed by atoms with Gasteiger partial charge in [-0.25, -0.2) is 0 Å². The Kier molecular flexibility index (Phi) is 4.62. The summed E-state index contributed by atoms with van der Waals surface area (Å²) in [6.45, 7) is 6.40. The molecule has 132 valence electrons. The van der Waals surface area contributed by atoms with E-state index in [1.165, 1.54) is 0 Å². The molecule has 2 saturated heterocycles. The van der Waals surface area contributed by atoms with E-state index in [2.05, 4.69) is 17.3 Å². The second-order valence-electron chi connectivity index (χ2n) is 6.98. The van der Waals surface area contributed by atoms with E-state index in [4.69, 9.17) is 0 Å². The highest BCUT2D eigenvalue weighted by molar-refractivity contribution is 5.95. The number of fused-ring (bicyclic) bond motifs is 1. The molecule has 0 bridgehead atoms. The Bertz CT molecular complexity index is 642. The van der Waals surface area contributed by atoms with Crippen LogP contribution in [-0.4, -0.2) is 57.3 Å². The van der Waals surface area contributed by atoms with Gasteiger partial charge in [0.25, 0.3) is 5.91 Å². The first-order valence-corrected chi connectivity index (χ1v) is 8.78. The number of carbonyl (C=O) groups is 2. The maximum absolute atomic E-state index is 12.9. The molecule has 7 heteroatoms. The molecule has 2 aliphatic rings. The minimum absolute atomic E-state index is 0.0447. The summed E-state index contributed by atoms with van der Waals surface area (Å²) >= 11 is 0. The lowest BCUT2D eigenvalue weighted by atomic mass is 9.70. The van der Waals surface area contributed by atoms with Crippen LogP contribution in [0.3, 0.4) is 0 Å². The largest absolute Gasteiger partial charge is 0.481 e. The summed E-state index contributed by atoms with van der Waals surface area (Å²) in [5.41, 5.74) is 0.437. The number of piperidine rings is 2. The lowest BCUT2D eigenvalue weighted by Gasteiger charge is -2.48. The van der Waals surface area contributed by atoms with Gasteiger partial charge in [-0.05, 0) is 39.2 Å². The number of rotatable bonds is 4. The van der Waals surface area contributed by atoms with Crippen LogP contribution in [0.25, 0.3) is 0 Å². The first-order chi connectivity index (χ1) is 11.5. The number of hydrogen-bond donors (Lipinski definition) is 2. The number of aryl methyl sites for hydroxylation is 2. The maximum Gasteiger partial charge on any atom is 0.313 e. The Labute approximate surface area is 142 Å². The van der Waals surface area contributed by atoms with Crippen molar-refractivity contribution in [1.29, 1.82) is 0 Å². The highest BCUT2D eigenvalue weighted by atomic mass is 16.4.